The molecule has 0 amide bonds. The first-order valence-electron chi connectivity index (χ1n) is 5.79. The van der Waals surface area contributed by atoms with Gasteiger partial charge in [0, 0.05) is 18.3 Å². The fraction of sp³-hybridized carbons (Fsp3) is 0.727. The maximum atomic E-state index is 4.02. The Hall–Kier alpha value is -0.870. The van der Waals surface area contributed by atoms with Crippen molar-refractivity contribution in [2.24, 2.45) is 0 Å². The van der Waals surface area contributed by atoms with E-state index in [0.29, 0.717) is 6.04 Å². The summed E-state index contributed by atoms with van der Waals surface area (Å²) in [6, 6.07) is 0.690. The Balaban J connectivity index is 1.60. The van der Waals surface area contributed by atoms with Gasteiger partial charge in [0.2, 0.25) is 0 Å². The van der Waals surface area contributed by atoms with E-state index in [-0.39, 0.29) is 0 Å². The van der Waals surface area contributed by atoms with Crippen molar-refractivity contribution in [2.75, 3.05) is 19.6 Å². The number of rotatable bonds is 5. The van der Waals surface area contributed by atoms with E-state index in [4.69, 9.17) is 0 Å². The molecule has 1 aromatic rings. The van der Waals surface area contributed by atoms with Gasteiger partial charge in [-0.1, -0.05) is 0 Å². The first-order valence-corrected chi connectivity index (χ1v) is 5.79. The Morgan fingerprint density at radius 2 is 2.53 bits per heavy atom. The van der Waals surface area contributed by atoms with E-state index in [1.54, 1.807) is 0 Å². The third kappa shape index (κ3) is 3.04. The van der Waals surface area contributed by atoms with E-state index >= 15 is 0 Å². The summed E-state index contributed by atoms with van der Waals surface area (Å²) in [6.07, 6.45) is 5.52. The molecule has 0 radical (unpaired) electrons. The Morgan fingerprint density at radius 3 is 3.20 bits per heavy atom. The maximum Gasteiger partial charge on any atom is 0.0522 e. The summed E-state index contributed by atoms with van der Waals surface area (Å²) in [4.78, 5) is 0. The molecule has 1 saturated heterocycles. The van der Waals surface area contributed by atoms with E-state index in [1.807, 2.05) is 6.20 Å². The Morgan fingerprint density at radius 1 is 1.60 bits per heavy atom. The number of hydrogen-bond donors (Lipinski definition) is 3. The van der Waals surface area contributed by atoms with E-state index in [9.17, 15) is 0 Å². The number of H-pyrrole nitrogens is 1. The normalized spacial score (nSPS) is 21.0. The minimum atomic E-state index is 0.690. The first kappa shape index (κ1) is 10.6. The second kappa shape index (κ2) is 5.28. The number of nitrogens with one attached hydrogen (secondary N) is 3. The van der Waals surface area contributed by atoms with Gasteiger partial charge in [0.25, 0.3) is 0 Å². The highest BCUT2D eigenvalue weighted by Gasteiger charge is 2.12. The van der Waals surface area contributed by atoms with Gasteiger partial charge in [0.15, 0.2) is 0 Å². The van der Waals surface area contributed by atoms with E-state index in [0.717, 1.165) is 19.5 Å². The molecule has 0 saturated carbocycles. The van der Waals surface area contributed by atoms with Gasteiger partial charge in [-0.3, -0.25) is 5.10 Å². The van der Waals surface area contributed by atoms with Crippen molar-refractivity contribution >= 4 is 0 Å². The molecule has 15 heavy (non-hydrogen) atoms. The van der Waals surface area contributed by atoms with E-state index < -0.39 is 0 Å². The molecule has 1 aromatic heterocycles. The summed E-state index contributed by atoms with van der Waals surface area (Å²) >= 11 is 0. The van der Waals surface area contributed by atoms with Crippen LogP contribution in [-0.4, -0.2) is 35.9 Å². The lowest BCUT2D eigenvalue weighted by molar-refractivity contribution is 0.535. The number of aromatic amines is 1. The number of aryl methyl sites for hydroxylation is 2. The van der Waals surface area contributed by atoms with Crippen molar-refractivity contribution in [3.63, 3.8) is 0 Å². The van der Waals surface area contributed by atoms with Crippen LogP contribution in [-0.2, 0) is 6.42 Å². The molecular weight excluding hydrogens is 188 g/mol. The summed E-state index contributed by atoms with van der Waals surface area (Å²) in [7, 11) is 0. The van der Waals surface area contributed by atoms with Crippen LogP contribution in [0.25, 0.3) is 0 Å². The molecule has 4 heteroatoms. The van der Waals surface area contributed by atoms with Gasteiger partial charge in [0.05, 0.1) is 6.20 Å². The van der Waals surface area contributed by atoms with Crippen LogP contribution in [0.2, 0.25) is 0 Å². The smallest absolute Gasteiger partial charge is 0.0522 e. The summed E-state index contributed by atoms with van der Waals surface area (Å²) in [5.41, 5.74) is 2.55. The SMILES string of the molecule is Cc1[nH]ncc1CCCNC1CCNC1. The number of nitrogens with zero attached hydrogens (tertiary/aromatic N) is 1. The maximum absolute atomic E-state index is 4.02. The van der Waals surface area contributed by atoms with Gasteiger partial charge in [-0.25, -0.2) is 0 Å². The molecule has 1 unspecified atom stereocenters. The third-order valence-corrected chi connectivity index (χ3v) is 3.05. The molecule has 0 aliphatic carbocycles. The Bertz CT molecular complexity index is 289. The van der Waals surface area contributed by atoms with Crippen LogP contribution in [0.3, 0.4) is 0 Å². The predicted molar refractivity (Wildman–Crippen MR) is 60.9 cm³/mol. The minimum Gasteiger partial charge on any atom is -0.315 e. The molecule has 4 nitrogen and oxygen atoms in total. The summed E-state index contributed by atoms with van der Waals surface area (Å²) in [5, 5.41) is 13.9. The fourth-order valence-electron chi connectivity index (χ4n) is 2.04. The second-order valence-electron chi connectivity index (χ2n) is 4.27. The van der Waals surface area contributed by atoms with Crippen LogP contribution in [0.4, 0.5) is 0 Å². The molecule has 2 heterocycles. The summed E-state index contributed by atoms with van der Waals surface area (Å²) < 4.78 is 0. The second-order valence-corrected chi connectivity index (χ2v) is 4.27. The van der Waals surface area contributed by atoms with E-state index in [2.05, 4.69) is 27.8 Å². The van der Waals surface area contributed by atoms with Gasteiger partial charge < -0.3 is 10.6 Å². The van der Waals surface area contributed by atoms with Gasteiger partial charge in [0.1, 0.15) is 0 Å². The van der Waals surface area contributed by atoms with Crippen molar-refractivity contribution in [3.8, 4) is 0 Å². The first-order chi connectivity index (χ1) is 7.36. The molecule has 3 N–H and O–H groups in total. The highest BCUT2D eigenvalue weighted by molar-refractivity contribution is 5.14. The Labute approximate surface area is 90.8 Å². The lowest BCUT2D eigenvalue weighted by Crippen LogP contribution is -2.31. The third-order valence-electron chi connectivity index (χ3n) is 3.05. The molecule has 1 fully saturated rings. The molecule has 84 valence electrons. The number of hydrogen-bond acceptors (Lipinski definition) is 3. The lowest BCUT2D eigenvalue weighted by atomic mass is 10.1. The average Bonchev–Trinajstić information content (AvgIpc) is 2.85. The van der Waals surface area contributed by atoms with Crippen LogP contribution >= 0.6 is 0 Å². The summed E-state index contributed by atoms with van der Waals surface area (Å²) in [6.45, 7) is 5.48. The molecule has 0 aromatic carbocycles. The zero-order valence-corrected chi connectivity index (χ0v) is 9.34. The van der Waals surface area contributed by atoms with Gasteiger partial charge in [-0.05, 0) is 44.8 Å². The van der Waals surface area contributed by atoms with Crippen molar-refractivity contribution in [3.05, 3.63) is 17.5 Å². The van der Waals surface area contributed by atoms with Crippen molar-refractivity contribution in [1.29, 1.82) is 0 Å². The van der Waals surface area contributed by atoms with Crippen LogP contribution in [0.15, 0.2) is 6.20 Å². The largest absolute Gasteiger partial charge is 0.315 e. The van der Waals surface area contributed by atoms with Gasteiger partial charge in [-0.15, -0.1) is 0 Å². The van der Waals surface area contributed by atoms with Crippen LogP contribution < -0.4 is 10.6 Å². The molecule has 1 aliphatic heterocycles. The van der Waals surface area contributed by atoms with Gasteiger partial charge >= 0.3 is 0 Å². The molecule has 2 rings (SSSR count). The Kier molecular flexibility index (Phi) is 3.75. The molecule has 1 atom stereocenters. The van der Waals surface area contributed by atoms with Gasteiger partial charge in [-0.2, -0.15) is 5.10 Å². The molecule has 1 aliphatic rings. The standard InChI is InChI=1S/C11H20N4/c1-9-10(7-14-15-9)3-2-5-13-11-4-6-12-8-11/h7,11-13H,2-6,8H2,1H3,(H,14,15). The quantitative estimate of drug-likeness (QED) is 0.621. The average molecular weight is 208 g/mol. The predicted octanol–water partition coefficient (Wildman–Crippen LogP) is 0.602. The minimum absolute atomic E-state index is 0.690. The zero-order valence-electron chi connectivity index (χ0n) is 9.34. The van der Waals surface area contributed by atoms with Crippen molar-refractivity contribution in [1.82, 2.24) is 20.8 Å². The van der Waals surface area contributed by atoms with Crippen molar-refractivity contribution < 1.29 is 0 Å². The van der Waals surface area contributed by atoms with Crippen LogP contribution in [0.5, 0.6) is 0 Å². The molecular formula is C11H20N4. The van der Waals surface area contributed by atoms with E-state index in [1.165, 1.54) is 30.6 Å². The van der Waals surface area contributed by atoms with Crippen LogP contribution in [0.1, 0.15) is 24.1 Å². The molecule has 0 spiro atoms. The fourth-order valence-corrected chi connectivity index (χ4v) is 2.04. The number of aromatic nitrogens is 2. The highest BCUT2D eigenvalue weighted by atomic mass is 15.1. The highest BCUT2D eigenvalue weighted by Crippen LogP contribution is 2.05. The topological polar surface area (TPSA) is 52.7 Å². The van der Waals surface area contributed by atoms with Crippen LogP contribution in [0, 0.1) is 6.92 Å². The monoisotopic (exact) mass is 208 g/mol. The lowest BCUT2D eigenvalue weighted by Gasteiger charge is -2.10. The molecule has 0 bridgehead atoms. The summed E-state index contributed by atoms with van der Waals surface area (Å²) in [5.74, 6) is 0. The zero-order chi connectivity index (χ0) is 10.5. The van der Waals surface area contributed by atoms with Crippen molar-refractivity contribution in [2.45, 2.75) is 32.2 Å².